The third-order valence-electron chi connectivity index (χ3n) is 0. The first-order chi connectivity index (χ1) is 3.73. The molecule has 58 valence electrons. The van der Waals surface area contributed by atoms with Crippen molar-refractivity contribution in [1.29, 1.82) is 0 Å². The molecule has 0 saturated heterocycles. The van der Waals surface area contributed by atoms with E-state index in [1.807, 2.05) is 26.0 Å². The second-order valence-corrected chi connectivity index (χ2v) is 3.51. The van der Waals surface area contributed by atoms with Crippen molar-refractivity contribution in [2.24, 2.45) is 0 Å². The van der Waals surface area contributed by atoms with Gasteiger partial charge in [0.25, 0.3) is 0 Å². The van der Waals surface area contributed by atoms with Gasteiger partial charge in [0, 0.05) is 0 Å². The maximum atomic E-state index is 8.52. The van der Waals surface area contributed by atoms with E-state index in [0.717, 1.165) is 0 Å². The summed E-state index contributed by atoms with van der Waals surface area (Å²) in [6.07, 6.45) is 0. The molecule has 9 heavy (non-hydrogen) atoms. The Morgan fingerprint density at radius 3 is 1.00 bits per heavy atom. The molecule has 2 nitrogen and oxygen atoms in total. The van der Waals surface area contributed by atoms with Crippen LogP contribution in [0.1, 0.15) is 20.8 Å². The number of hydrogen-bond donors (Lipinski definition) is 1. The average molecular weight is 133 g/mol. The monoisotopic (exact) mass is 133 g/mol. The number of hydrogen-bond acceptors (Lipinski definition) is 2. The molecule has 0 saturated carbocycles. The van der Waals surface area contributed by atoms with E-state index >= 15 is 0 Å². The Morgan fingerprint density at radius 2 is 1.00 bits per heavy atom. The summed E-state index contributed by atoms with van der Waals surface area (Å²) in [5.74, 6) is 0. The van der Waals surface area contributed by atoms with Crippen molar-refractivity contribution >= 4 is 0 Å². The Kier molecular flexibility index (Phi) is 6.19. The number of nitrogens with zero attached hydrogens (tertiary/aromatic N) is 1. The quantitative estimate of drug-likeness (QED) is 0.532. The molecule has 1 N–H and O–H groups in total. The molecule has 0 aliphatic rings. The van der Waals surface area contributed by atoms with Gasteiger partial charge in [-0.2, -0.15) is 0 Å². The van der Waals surface area contributed by atoms with Gasteiger partial charge in [-0.3, -0.25) is 0 Å². The van der Waals surface area contributed by atoms with Gasteiger partial charge in [-0.05, 0) is 41.9 Å². The van der Waals surface area contributed by atoms with Crippen LogP contribution in [-0.2, 0) is 0 Å². The summed E-state index contributed by atoms with van der Waals surface area (Å²) in [5.41, 5.74) is -0.500. The number of aliphatic hydroxyl groups is 1. The first kappa shape index (κ1) is 11.7. The van der Waals surface area contributed by atoms with Crippen LogP contribution in [0.4, 0.5) is 0 Å². The van der Waals surface area contributed by atoms with Gasteiger partial charge in [-0.25, -0.2) is 0 Å². The minimum absolute atomic E-state index is 0.500. The minimum atomic E-state index is -0.500. The van der Waals surface area contributed by atoms with Crippen molar-refractivity contribution in [2.75, 3.05) is 21.1 Å². The summed E-state index contributed by atoms with van der Waals surface area (Å²) in [6.45, 7) is 5.23. The summed E-state index contributed by atoms with van der Waals surface area (Å²) in [5, 5.41) is 8.52. The minimum Gasteiger partial charge on any atom is -0.391 e. The van der Waals surface area contributed by atoms with Crippen LogP contribution < -0.4 is 0 Å². The molecule has 0 bridgehead atoms. The van der Waals surface area contributed by atoms with E-state index in [0.29, 0.717) is 0 Å². The Bertz CT molecular complexity index is 45.7. The van der Waals surface area contributed by atoms with Crippen molar-refractivity contribution in [2.45, 2.75) is 26.4 Å². The highest BCUT2D eigenvalue weighted by molar-refractivity contribution is 4.50. The fraction of sp³-hybridized carbons (Fsp3) is 1.00. The first-order valence-corrected chi connectivity index (χ1v) is 3.07. The lowest BCUT2D eigenvalue weighted by Gasteiger charge is -2.04. The van der Waals surface area contributed by atoms with E-state index in [4.69, 9.17) is 5.11 Å². The molecule has 0 rings (SSSR count). The van der Waals surface area contributed by atoms with E-state index in [-0.39, 0.29) is 0 Å². The van der Waals surface area contributed by atoms with Crippen molar-refractivity contribution in [1.82, 2.24) is 4.90 Å². The van der Waals surface area contributed by atoms with Crippen LogP contribution in [0.15, 0.2) is 0 Å². The van der Waals surface area contributed by atoms with Crippen LogP contribution in [0, 0.1) is 0 Å². The van der Waals surface area contributed by atoms with Gasteiger partial charge in [0.1, 0.15) is 0 Å². The highest BCUT2D eigenvalue weighted by atomic mass is 16.3. The second-order valence-electron chi connectivity index (χ2n) is 3.51. The highest BCUT2D eigenvalue weighted by Crippen LogP contribution is 1.93. The summed E-state index contributed by atoms with van der Waals surface area (Å²) in [7, 11) is 6.00. The third kappa shape index (κ3) is 43400. The standard InChI is InChI=1S/C4H10O.C3H9N/c1-4(2,3)5;1-4(2)3/h5H,1-3H3;1-3H3. The van der Waals surface area contributed by atoms with Gasteiger partial charge in [0.2, 0.25) is 0 Å². The Labute approximate surface area is 58.5 Å². The second kappa shape index (κ2) is 4.77. The topological polar surface area (TPSA) is 23.5 Å². The lowest BCUT2D eigenvalue weighted by Crippen LogP contribution is -2.10. The van der Waals surface area contributed by atoms with Gasteiger partial charge in [-0.15, -0.1) is 0 Å². The molecule has 0 spiro atoms. The summed E-state index contributed by atoms with van der Waals surface area (Å²) in [6, 6.07) is 0. The predicted molar refractivity (Wildman–Crippen MR) is 41.6 cm³/mol. The molecule has 0 radical (unpaired) electrons. The smallest absolute Gasteiger partial charge is 0.0563 e. The zero-order chi connectivity index (χ0) is 8.08. The number of rotatable bonds is 0. The van der Waals surface area contributed by atoms with Crippen LogP contribution in [-0.4, -0.2) is 36.8 Å². The third-order valence-corrected chi connectivity index (χ3v) is 0. The molecule has 0 unspecified atom stereocenters. The summed E-state index contributed by atoms with van der Waals surface area (Å²) in [4.78, 5) is 2.00. The molecular weight excluding hydrogens is 114 g/mol. The molecule has 2 heteroatoms. The molecule has 0 aliphatic heterocycles. The maximum Gasteiger partial charge on any atom is 0.0563 e. The fourth-order valence-corrected chi connectivity index (χ4v) is 0. The van der Waals surface area contributed by atoms with Gasteiger partial charge in [0.05, 0.1) is 5.60 Å². The summed E-state index contributed by atoms with van der Waals surface area (Å²) < 4.78 is 0. The molecule has 0 heterocycles. The lowest BCUT2D eigenvalue weighted by molar-refractivity contribution is 0.102. The molecular formula is C7H19NO. The lowest BCUT2D eigenvalue weighted by atomic mass is 10.2. The van der Waals surface area contributed by atoms with Gasteiger partial charge >= 0.3 is 0 Å². The zero-order valence-electron chi connectivity index (χ0n) is 7.39. The average Bonchev–Trinajstić information content (AvgIpc) is 1.19. The molecule has 0 aromatic carbocycles. The van der Waals surface area contributed by atoms with Crippen LogP contribution in [0.3, 0.4) is 0 Å². The largest absolute Gasteiger partial charge is 0.391 e. The summed E-state index contributed by atoms with van der Waals surface area (Å²) >= 11 is 0. The van der Waals surface area contributed by atoms with E-state index < -0.39 is 5.60 Å². The molecule has 0 aromatic rings. The van der Waals surface area contributed by atoms with Crippen molar-refractivity contribution in [3.05, 3.63) is 0 Å². The normalized spacial score (nSPS) is 10.7. The van der Waals surface area contributed by atoms with Crippen LogP contribution in [0.5, 0.6) is 0 Å². The SMILES string of the molecule is CC(C)(C)O.CN(C)C. The van der Waals surface area contributed by atoms with Crippen LogP contribution >= 0.6 is 0 Å². The maximum absolute atomic E-state index is 8.52. The van der Waals surface area contributed by atoms with Gasteiger partial charge < -0.3 is 10.0 Å². The van der Waals surface area contributed by atoms with Crippen molar-refractivity contribution in [3.63, 3.8) is 0 Å². The molecule has 0 fully saturated rings. The van der Waals surface area contributed by atoms with Crippen molar-refractivity contribution in [3.8, 4) is 0 Å². The van der Waals surface area contributed by atoms with E-state index in [2.05, 4.69) is 0 Å². The molecule has 0 aliphatic carbocycles. The van der Waals surface area contributed by atoms with Gasteiger partial charge in [-0.1, -0.05) is 0 Å². The van der Waals surface area contributed by atoms with E-state index in [1.165, 1.54) is 0 Å². The fourth-order valence-electron chi connectivity index (χ4n) is 0. The molecule has 0 amide bonds. The Balaban J connectivity index is 0. The van der Waals surface area contributed by atoms with E-state index in [1.54, 1.807) is 20.8 Å². The van der Waals surface area contributed by atoms with Crippen molar-refractivity contribution < 1.29 is 5.11 Å². The van der Waals surface area contributed by atoms with Crippen LogP contribution in [0.2, 0.25) is 0 Å². The predicted octanol–water partition coefficient (Wildman–Crippen LogP) is 0.955. The van der Waals surface area contributed by atoms with Crippen LogP contribution in [0.25, 0.3) is 0 Å². The van der Waals surface area contributed by atoms with Gasteiger partial charge in [0.15, 0.2) is 0 Å². The molecule has 0 aromatic heterocycles. The Morgan fingerprint density at radius 1 is 1.00 bits per heavy atom. The Hall–Kier alpha value is -0.0800. The highest BCUT2D eigenvalue weighted by Gasteiger charge is 1.97. The zero-order valence-corrected chi connectivity index (χ0v) is 7.39. The van der Waals surface area contributed by atoms with E-state index in [9.17, 15) is 0 Å². The first-order valence-electron chi connectivity index (χ1n) is 3.07. The molecule has 0 atom stereocenters.